The predicted octanol–water partition coefficient (Wildman–Crippen LogP) is 4.67. The molecule has 1 aliphatic rings. The zero-order chi connectivity index (χ0) is 16.4. The second-order valence-electron chi connectivity index (χ2n) is 4.63. The first kappa shape index (κ1) is 15.9. The van der Waals surface area contributed by atoms with Gasteiger partial charge in [0.1, 0.15) is 5.75 Å². The Morgan fingerprint density at radius 2 is 2.00 bits per heavy atom. The quantitative estimate of drug-likeness (QED) is 0.761. The van der Waals surface area contributed by atoms with E-state index in [1.807, 2.05) is 12.1 Å². The van der Waals surface area contributed by atoms with Crippen molar-refractivity contribution in [1.82, 2.24) is 5.32 Å². The molecule has 0 fully saturated rings. The summed E-state index contributed by atoms with van der Waals surface area (Å²) in [6.45, 7) is -2.92. The van der Waals surface area contributed by atoms with Gasteiger partial charge in [-0.2, -0.15) is 8.78 Å². The highest BCUT2D eigenvalue weighted by atomic mass is 79.9. The minimum absolute atomic E-state index is 0.0224. The second kappa shape index (κ2) is 6.64. The van der Waals surface area contributed by atoms with Crippen LogP contribution < -0.4 is 10.1 Å². The fourth-order valence-electron chi connectivity index (χ4n) is 2.15. The van der Waals surface area contributed by atoms with Crippen LogP contribution in [0.1, 0.15) is 10.4 Å². The molecule has 0 radical (unpaired) electrons. The number of halogens is 3. The van der Waals surface area contributed by atoms with Crippen molar-refractivity contribution in [2.45, 2.75) is 6.61 Å². The number of benzene rings is 1. The number of para-hydroxylation sites is 1. The third-order valence-electron chi connectivity index (χ3n) is 3.10. The molecule has 1 aromatic carbocycles. The molecule has 2 heterocycles. The predicted molar refractivity (Wildman–Crippen MR) is 89.2 cm³/mol. The molecule has 23 heavy (non-hydrogen) atoms. The molecule has 0 spiro atoms. The van der Waals surface area contributed by atoms with Crippen LogP contribution >= 0.6 is 27.3 Å². The van der Waals surface area contributed by atoms with Gasteiger partial charge in [0.15, 0.2) is 0 Å². The number of amides is 1. The van der Waals surface area contributed by atoms with E-state index in [1.54, 1.807) is 30.4 Å². The maximum Gasteiger partial charge on any atom is 0.387 e. The molecule has 3 nitrogen and oxygen atoms in total. The normalized spacial score (nSPS) is 15.9. The lowest BCUT2D eigenvalue weighted by Crippen LogP contribution is -2.16. The van der Waals surface area contributed by atoms with E-state index in [0.717, 1.165) is 8.66 Å². The molecule has 0 bridgehead atoms. The molecule has 0 aliphatic carbocycles. The van der Waals surface area contributed by atoms with Crippen molar-refractivity contribution in [2.75, 3.05) is 0 Å². The van der Waals surface area contributed by atoms with Crippen LogP contribution in [0.3, 0.4) is 0 Å². The average Bonchev–Trinajstić information content (AvgIpc) is 3.06. The van der Waals surface area contributed by atoms with E-state index in [4.69, 9.17) is 0 Å². The Bertz CT molecular complexity index is 814. The van der Waals surface area contributed by atoms with Crippen LogP contribution in [0, 0.1) is 0 Å². The van der Waals surface area contributed by atoms with E-state index in [0.29, 0.717) is 16.8 Å². The van der Waals surface area contributed by atoms with Crippen molar-refractivity contribution in [3.63, 3.8) is 0 Å². The molecule has 1 aromatic heterocycles. The van der Waals surface area contributed by atoms with Gasteiger partial charge in [-0.05, 0) is 52.3 Å². The molecule has 0 atom stereocenters. The number of hydrogen-bond donors (Lipinski definition) is 1. The van der Waals surface area contributed by atoms with Gasteiger partial charge in [0.05, 0.1) is 9.48 Å². The average molecular weight is 398 g/mol. The Hall–Kier alpha value is -1.99. The monoisotopic (exact) mass is 397 g/mol. The summed E-state index contributed by atoms with van der Waals surface area (Å²) in [7, 11) is 0. The number of thiophene rings is 1. The molecule has 3 rings (SSSR count). The number of carbonyl (C=O) groups is 1. The highest BCUT2D eigenvalue weighted by Crippen LogP contribution is 2.31. The summed E-state index contributed by atoms with van der Waals surface area (Å²) in [4.78, 5) is 13.0. The lowest BCUT2D eigenvalue weighted by Gasteiger charge is -2.10. The third kappa shape index (κ3) is 3.68. The molecule has 0 unspecified atom stereocenters. The molecular formula is C16H10BrF2NO2S. The minimum atomic E-state index is -2.92. The standard InChI is InChI=1S/C16H10BrF2NO2S/c17-14-6-5-10(23-14)7-9-8-12(20-15(9)21)11-3-1-2-4-13(11)22-16(18)19/h1-8,16H,(H,20,21). The third-order valence-corrected chi connectivity index (χ3v) is 4.67. The van der Waals surface area contributed by atoms with Crippen molar-refractivity contribution in [3.05, 3.63) is 62.3 Å². The number of alkyl halides is 2. The van der Waals surface area contributed by atoms with Crippen LogP contribution in [-0.4, -0.2) is 12.5 Å². The minimum Gasteiger partial charge on any atom is -0.434 e. The Morgan fingerprint density at radius 3 is 2.70 bits per heavy atom. The summed E-state index contributed by atoms with van der Waals surface area (Å²) in [6.07, 6.45) is 3.37. The fourth-order valence-corrected chi connectivity index (χ4v) is 3.53. The van der Waals surface area contributed by atoms with E-state index < -0.39 is 6.61 Å². The highest BCUT2D eigenvalue weighted by molar-refractivity contribution is 9.11. The number of hydrogen-bond acceptors (Lipinski definition) is 3. The van der Waals surface area contributed by atoms with Crippen molar-refractivity contribution in [2.24, 2.45) is 0 Å². The summed E-state index contributed by atoms with van der Waals surface area (Å²) in [5.74, 6) is -0.259. The Morgan fingerprint density at radius 1 is 1.22 bits per heavy atom. The highest BCUT2D eigenvalue weighted by Gasteiger charge is 2.22. The number of nitrogens with one attached hydrogen (secondary N) is 1. The number of rotatable bonds is 4. The molecular weight excluding hydrogens is 388 g/mol. The lowest BCUT2D eigenvalue weighted by atomic mass is 10.1. The van der Waals surface area contributed by atoms with Crippen molar-refractivity contribution < 1.29 is 18.3 Å². The largest absolute Gasteiger partial charge is 0.434 e. The Kier molecular flexibility index (Phi) is 4.58. The van der Waals surface area contributed by atoms with Gasteiger partial charge in [-0.25, -0.2) is 0 Å². The Labute approximate surface area is 143 Å². The number of ether oxygens (including phenoxy) is 1. The maximum atomic E-state index is 12.5. The summed E-state index contributed by atoms with van der Waals surface area (Å²) >= 11 is 4.86. The van der Waals surface area contributed by atoms with Gasteiger partial charge in [-0.1, -0.05) is 12.1 Å². The topological polar surface area (TPSA) is 38.3 Å². The van der Waals surface area contributed by atoms with Crippen LogP contribution in [0.5, 0.6) is 5.75 Å². The van der Waals surface area contributed by atoms with Crippen LogP contribution in [0.25, 0.3) is 11.8 Å². The van der Waals surface area contributed by atoms with Crippen molar-refractivity contribution in [3.8, 4) is 5.75 Å². The molecule has 0 saturated carbocycles. The first-order valence-electron chi connectivity index (χ1n) is 6.57. The molecule has 1 aliphatic heterocycles. The summed E-state index contributed by atoms with van der Waals surface area (Å²) in [6, 6.07) is 10.1. The van der Waals surface area contributed by atoms with Gasteiger partial charge in [0.25, 0.3) is 5.91 Å². The van der Waals surface area contributed by atoms with Crippen LogP contribution in [-0.2, 0) is 4.79 Å². The molecule has 7 heteroatoms. The van der Waals surface area contributed by atoms with Gasteiger partial charge >= 0.3 is 6.61 Å². The van der Waals surface area contributed by atoms with E-state index in [-0.39, 0.29) is 11.7 Å². The van der Waals surface area contributed by atoms with Gasteiger partial charge in [0.2, 0.25) is 0 Å². The molecule has 118 valence electrons. The van der Waals surface area contributed by atoms with E-state index in [9.17, 15) is 13.6 Å². The van der Waals surface area contributed by atoms with Crippen molar-refractivity contribution in [1.29, 1.82) is 0 Å². The van der Waals surface area contributed by atoms with E-state index in [1.165, 1.54) is 17.4 Å². The smallest absolute Gasteiger partial charge is 0.387 e. The summed E-state index contributed by atoms with van der Waals surface area (Å²) < 4.78 is 30.4. The molecule has 1 N–H and O–H groups in total. The van der Waals surface area contributed by atoms with Gasteiger partial charge in [-0.3, -0.25) is 4.79 Å². The summed E-state index contributed by atoms with van der Waals surface area (Å²) in [5.41, 5.74) is 1.31. The lowest BCUT2D eigenvalue weighted by molar-refractivity contribution is -0.115. The van der Waals surface area contributed by atoms with Gasteiger partial charge in [0, 0.05) is 16.0 Å². The van der Waals surface area contributed by atoms with Gasteiger partial charge in [-0.15, -0.1) is 11.3 Å². The van der Waals surface area contributed by atoms with E-state index >= 15 is 0 Å². The van der Waals surface area contributed by atoms with Crippen LogP contribution in [0.15, 0.2) is 51.8 Å². The fraction of sp³-hybridized carbons (Fsp3) is 0.0625. The SMILES string of the molecule is O=C1NC(c2ccccc2OC(F)F)=CC1=Cc1ccc(Br)s1. The van der Waals surface area contributed by atoms with Crippen LogP contribution in [0.2, 0.25) is 0 Å². The maximum absolute atomic E-state index is 12.5. The zero-order valence-corrected chi connectivity index (χ0v) is 14.0. The molecule has 1 amide bonds. The number of carbonyl (C=O) groups excluding carboxylic acids is 1. The first-order valence-corrected chi connectivity index (χ1v) is 8.18. The van der Waals surface area contributed by atoms with E-state index in [2.05, 4.69) is 26.0 Å². The second-order valence-corrected chi connectivity index (χ2v) is 7.12. The molecule has 2 aromatic rings. The van der Waals surface area contributed by atoms with Gasteiger partial charge < -0.3 is 10.1 Å². The van der Waals surface area contributed by atoms with Crippen molar-refractivity contribution >= 4 is 44.9 Å². The van der Waals surface area contributed by atoms with Crippen LogP contribution in [0.4, 0.5) is 8.78 Å². The first-order chi connectivity index (χ1) is 11.0. The summed E-state index contributed by atoms with van der Waals surface area (Å²) in [5, 5.41) is 2.68. The Balaban J connectivity index is 1.94. The zero-order valence-electron chi connectivity index (χ0n) is 11.6. The molecule has 0 saturated heterocycles.